The lowest BCUT2D eigenvalue weighted by Gasteiger charge is -2.37. The van der Waals surface area contributed by atoms with Gasteiger partial charge in [0.2, 0.25) is 11.2 Å². The fourth-order valence-electron chi connectivity index (χ4n) is 2.10. The summed E-state index contributed by atoms with van der Waals surface area (Å²) in [4.78, 5) is 14.6. The topological polar surface area (TPSA) is 71.4 Å². The van der Waals surface area contributed by atoms with Gasteiger partial charge in [-0.2, -0.15) is 15.0 Å². The molecule has 0 unspecified atom stereocenters. The summed E-state index contributed by atoms with van der Waals surface area (Å²) in [5.74, 6) is 0.541. The molecule has 1 aromatic heterocycles. The average Bonchev–Trinajstić information content (AvgIpc) is 2.30. The van der Waals surface area contributed by atoms with Gasteiger partial charge in [0.15, 0.2) is 0 Å². The second-order valence-corrected chi connectivity index (χ2v) is 5.55. The molecule has 20 heavy (non-hydrogen) atoms. The van der Waals surface area contributed by atoms with E-state index in [0.29, 0.717) is 25.0 Å². The van der Waals surface area contributed by atoms with Crippen molar-refractivity contribution in [2.24, 2.45) is 0 Å². The van der Waals surface area contributed by atoms with Gasteiger partial charge in [0.1, 0.15) is 0 Å². The molecule has 1 N–H and O–H groups in total. The lowest BCUT2D eigenvalue weighted by molar-refractivity contribution is 0.221. The molecule has 1 aliphatic rings. The molecular formula is C13H21ClN4O2. The number of anilines is 1. The number of rotatable bonds is 7. The molecule has 0 saturated heterocycles. The third-order valence-corrected chi connectivity index (χ3v) is 3.42. The monoisotopic (exact) mass is 300 g/mol. The Morgan fingerprint density at radius 2 is 2.10 bits per heavy atom. The summed E-state index contributed by atoms with van der Waals surface area (Å²) in [5, 5.41) is 9.17. The largest absolute Gasteiger partial charge is 0.461 e. The minimum absolute atomic E-state index is 0.0177. The Balaban J connectivity index is 2.19. The molecule has 1 heterocycles. The van der Waals surface area contributed by atoms with Crippen molar-refractivity contribution < 1.29 is 9.84 Å². The Bertz CT molecular complexity index is 440. The number of hydrogen-bond donors (Lipinski definition) is 1. The van der Waals surface area contributed by atoms with Gasteiger partial charge >= 0.3 is 6.01 Å². The van der Waals surface area contributed by atoms with E-state index in [1.54, 1.807) is 0 Å². The number of ether oxygens (including phenoxy) is 1. The van der Waals surface area contributed by atoms with Crippen LogP contribution >= 0.6 is 11.6 Å². The van der Waals surface area contributed by atoms with E-state index in [-0.39, 0.29) is 24.0 Å². The Kier molecular flexibility index (Phi) is 5.37. The number of aliphatic hydroxyl groups excluding tert-OH is 1. The molecule has 0 aliphatic heterocycles. The third kappa shape index (κ3) is 3.93. The summed E-state index contributed by atoms with van der Waals surface area (Å²) in [7, 11) is 0. The first-order valence-electron chi connectivity index (χ1n) is 7.06. The smallest absolute Gasteiger partial charge is 0.322 e. The average molecular weight is 301 g/mol. The van der Waals surface area contributed by atoms with Crippen LogP contribution in [-0.2, 0) is 0 Å². The maximum absolute atomic E-state index is 9.03. The van der Waals surface area contributed by atoms with Crippen molar-refractivity contribution in [2.45, 2.75) is 51.7 Å². The standard InChI is InChI=1S/C13H21ClN4O2/c1-9(2)20-13-16-11(14)15-12(17-13)18(7-4-8-19)10-5-3-6-10/h9-10,19H,3-8H2,1-2H3. The third-order valence-electron chi connectivity index (χ3n) is 3.25. The summed E-state index contributed by atoms with van der Waals surface area (Å²) in [6.45, 7) is 4.68. The van der Waals surface area contributed by atoms with E-state index in [9.17, 15) is 0 Å². The molecule has 0 atom stereocenters. The Morgan fingerprint density at radius 3 is 2.65 bits per heavy atom. The zero-order valence-corrected chi connectivity index (χ0v) is 12.7. The molecule has 1 aliphatic carbocycles. The van der Waals surface area contributed by atoms with Crippen LogP contribution in [0, 0.1) is 0 Å². The molecule has 0 radical (unpaired) electrons. The molecule has 1 aromatic rings. The Morgan fingerprint density at radius 1 is 1.35 bits per heavy atom. The number of aliphatic hydroxyl groups is 1. The van der Waals surface area contributed by atoms with Crippen molar-refractivity contribution in [1.29, 1.82) is 0 Å². The normalized spacial score (nSPS) is 15.2. The van der Waals surface area contributed by atoms with Gasteiger partial charge in [0, 0.05) is 19.2 Å². The van der Waals surface area contributed by atoms with Gasteiger partial charge in [-0.15, -0.1) is 0 Å². The zero-order valence-electron chi connectivity index (χ0n) is 11.9. The molecule has 0 bridgehead atoms. The van der Waals surface area contributed by atoms with Crippen molar-refractivity contribution in [3.8, 4) is 6.01 Å². The van der Waals surface area contributed by atoms with Crippen LogP contribution in [0.4, 0.5) is 5.95 Å². The summed E-state index contributed by atoms with van der Waals surface area (Å²) >= 11 is 5.96. The van der Waals surface area contributed by atoms with Crippen LogP contribution in [0.25, 0.3) is 0 Å². The van der Waals surface area contributed by atoms with Gasteiger partial charge in [-0.25, -0.2) is 0 Å². The maximum Gasteiger partial charge on any atom is 0.322 e. The molecule has 0 aromatic carbocycles. The Labute approximate surface area is 124 Å². The first-order chi connectivity index (χ1) is 9.60. The molecule has 6 nitrogen and oxygen atoms in total. The lowest BCUT2D eigenvalue weighted by Crippen LogP contribution is -2.42. The van der Waals surface area contributed by atoms with Gasteiger partial charge in [0.05, 0.1) is 6.10 Å². The van der Waals surface area contributed by atoms with E-state index in [1.165, 1.54) is 6.42 Å². The van der Waals surface area contributed by atoms with E-state index in [4.69, 9.17) is 21.4 Å². The SMILES string of the molecule is CC(C)Oc1nc(Cl)nc(N(CCCO)C2CCC2)n1. The number of nitrogens with zero attached hydrogens (tertiary/aromatic N) is 4. The highest BCUT2D eigenvalue weighted by atomic mass is 35.5. The molecular weight excluding hydrogens is 280 g/mol. The van der Waals surface area contributed by atoms with Crippen molar-refractivity contribution >= 4 is 17.5 Å². The fourth-order valence-corrected chi connectivity index (χ4v) is 2.25. The van der Waals surface area contributed by atoms with Gasteiger partial charge < -0.3 is 14.7 Å². The second-order valence-electron chi connectivity index (χ2n) is 5.21. The number of hydrogen-bond acceptors (Lipinski definition) is 6. The minimum atomic E-state index is -0.0177. The van der Waals surface area contributed by atoms with Crippen LogP contribution in [0.1, 0.15) is 39.5 Å². The van der Waals surface area contributed by atoms with E-state index in [2.05, 4.69) is 19.9 Å². The molecule has 1 fully saturated rings. The number of aromatic nitrogens is 3. The summed E-state index contributed by atoms with van der Waals surface area (Å²) < 4.78 is 5.50. The van der Waals surface area contributed by atoms with Crippen LogP contribution < -0.4 is 9.64 Å². The van der Waals surface area contributed by atoms with Crippen LogP contribution in [0.5, 0.6) is 6.01 Å². The number of halogens is 1. The van der Waals surface area contributed by atoms with Gasteiger partial charge in [0.25, 0.3) is 0 Å². The van der Waals surface area contributed by atoms with Crippen LogP contribution in [0.3, 0.4) is 0 Å². The minimum Gasteiger partial charge on any atom is -0.461 e. The highest BCUT2D eigenvalue weighted by molar-refractivity contribution is 6.28. The van der Waals surface area contributed by atoms with Crippen LogP contribution in [-0.4, -0.2) is 45.4 Å². The predicted molar refractivity (Wildman–Crippen MR) is 77.3 cm³/mol. The van der Waals surface area contributed by atoms with Crippen LogP contribution in [0.15, 0.2) is 0 Å². The van der Waals surface area contributed by atoms with Crippen molar-refractivity contribution in [3.63, 3.8) is 0 Å². The first-order valence-corrected chi connectivity index (χ1v) is 7.43. The van der Waals surface area contributed by atoms with Gasteiger partial charge in [-0.05, 0) is 51.1 Å². The van der Waals surface area contributed by atoms with Crippen molar-refractivity contribution in [3.05, 3.63) is 5.28 Å². The maximum atomic E-state index is 9.03. The molecule has 0 spiro atoms. The molecule has 2 rings (SSSR count). The summed E-state index contributed by atoms with van der Waals surface area (Å²) in [5.41, 5.74) is 0. The van der Waals surface area contributed by atoms with E-state index < -0.39 is 0 Å². The fraction of sp³-hybridized carbons (Fsp3) is 0.769. The molecule has 0 amide bonds. The van der Waals surface area contributed by atoms with Gasteiger partial charge in [-0.1, -0.05) is 0 Å². The highest BCUT2D eigenvalue weighted by Gasteiger charge is 2.27. The Hall–Kier alpha value is -1.14. The highest BCUT2D eigenvalue weighted by Crippen LogP contribution is 2.29. The van der Waals surface area contributed by atoms with E-state index in [1.807, 2.05) is 13.8 Å². The zero-order chi connectivity index (χ0) is 14.5. The first kappa shape index (κ1) is 15.3. The van der Waals surface area contributed by atoms with E-state index >= 15 is 0 Å². The predicted octanol–water partition coefficient (Wildman–Crippen LogP) is 2.05. The summed E-state index contributed by atoms with van der Waals surface area (Å²) in [6, 6.07) is 0.676. The van der Waals surface area contributed by atoms with Crippen molar-refractivity contribution in [1.82, 2.24) is 15.0 Å². The van der Waals surface area contributed by atoms with Crippen molar-refractivity contribution in [2.75, 3.05) is 18.1 Å². The molecule has 7 heteroatoms. The second kappa shape index (κ2) is 7.04. The lowest BCUT2D eigenvalue weighted by atomic mass is 9.91. The summed E-state index contributed by atoms with van der Waals surface area (Å²) in [6.07, 6.45) is 4.12. The van der Waals surface area contributed by atoms with E-state index in [0.717, 1.165) is 12.8 Å². The molecule has 112 valence electrons. The van der Waals surface area contributed by atoms with Gasteiger partial charge in [-0.3, -0.25) is 0 Å². The van der Waals surface area contributed by atoms with Crippen LogP contribution in [0.2, 0.25) is 5.28 Å². The quantitative estimate of drug-likeness (QED) is 0.831. The molecule has 1 saturated carbocycles.